The number of hydrogen-bond acceptors (Lipinski definition) is 6. The van der Waals surface area contributed by atoms with Crippen LogP contribution in [0, 0.1) is 6.92 Å². The van der Waals surface area contributed by atoms with Crippen molar-refractivity contribution in [3.8, 4) is 16.5 Å². The highest BCUT2D eigenvalue weighted by Gasteiger charge is 2.24. The Labute approximate surface area is 191 Å². The van der Waals surface area contributed by atoms with Crippen LogP contribution in [-0.2, 0) is 21.4 Å². The fourth-order valence-corrected chi connectivity index (χ4v) is 5.62. The van der Waals surface area contributed by atoms with Gasteiger partial charge in [-0.25, -0.2) is 13.4 Å². The second-order valence-corrected chi connectivity index (χ2v) is 10.3. The maximum atomic E-state index is 13.1. The largest absolute Gasteiger partial charge is 0.497 e. The van der Waals surface area contributed by atoms with Crippen LogP contribution < -0.4 is 9.46 Å². The van der Waals surface area contributed by atoms with E-state index in [1.54, 1.807) is 34.9 Å². The summed E-state index contributed by atoms with van der Waals surface area (Å²) >= 11 is 1.42. The SMILES string of the molecule is COc1cccc(NS(=O)(=O)c2cc(-c3nc(C)cs3)n(CC(=O)N3CCCCC3)c2)c1. The molecule has 32 heavy (non-hydrogen) atoms. The highest BCUT2D eigenvalue weighted by atomic mass is 32.2. The zero-order chi connectivity index (χ0) is 22.7. The standard InChI is InChI=1S/C22H26N4O4S2/c1-16-15-31-22(23-16)20-12-19(13-26(20)14-21(27)25-9-4-3-5-10-25)32(28,29)24-17-7-6-8-18(11-17)30-2/h6-8,11-13,15,24H,3-5,9-10,14H2,1-2H3. The molecule has 2 aromatic heterocycles. The number of carbonyl (C=O) groups is 1. The summed E-state index contributed by atoms with van der Waals surface area (Å²) in [6.45, 7) is 3.44. The van der Waals surface area contributed by atoms with Gasteiger partial charge >= 0.3 is 0 Å². The average molecular weight is 475 g/mol. The van der Waals surface area contributed by atoms with E-state index in [0.29, 0.717) is 22.1 Å². The molecule has 3 aromatic rings. The number of piperidine rings is 1. The van der Waals surface area contributed by atoms with Crippen LogP contribution in [0.3, 0.4) is 0 Å². The first-order valence-corrected chi connectivity index (χ1v) is 12.8. The first kappa shape index (κ1) is 22.3. The molecule has 170 valence electrons. The van der Waals surface area contributed by atoms with E-state index in [0.717, 1.165) is 38.0 Å². The highest BCUT2D eigenvalue weighted by molar-refractivity contribution is 7.92. The van der Waals surface area contributed by atoms with Crippen molar-refractivity contribution in [1.29, 1.82) is 0 Å². The summed E-state index contributed by atoms with van der Waals surface area (Å²) in [6.07, 6.45) is 4.64. The van der Waals surface area contributed by atoms with E-state index in [4.69, 9.17) is 4.74 Å². The van der Waals surface area contributed by atoms with E-state index < -0.39 is 10.0 Å². The Morgan fingerprint density at radius 1 is 1.22 bits per heavy atom. The summed E-state index contributed by atoms with van der Waals surface area (Å²) < 4.78 is 35.7. The molecule has 10 heteroatoms. The predicted molar refractivity (Wildman–Crippen MR) is 125 cm³/mol. The van der Waals surface area contributed by atoms with Crippen molar-refractivity contribution >= 4 is 33.0 Å². The zero-order valence-corrected chi connectivity index (χ0v) is 19.7. The number of anilines is 1. The quantitative estimate of drug-likeness (QED) is 0.563. The molecule has 1 aliphatic heterocycles. The topological polar surface area (TPSA) is 93.5 Å². The van der Waals surface area contributed by atoms with E-state index in [1.807, 2.05) is 17.2 Å². The van der Waals surface area contributed by atoms with Crippen molar-refractivity contribution < 1.29 is 17.9 Å². The summed E-state index contributed by atoms with van der Waals surface area (Å²) in [5.41, 5.74) is 1.85. The number of nitrogens with zero attached hydrogens (tertiary/aromatic N) is 3. The van der Waals surface area contributed by atoms with Crippen molar-refractivity contribution in [2.75, 3.05) is 24.9 Å². The lowest BCUT2D eigenvalue weighted by atomic mass is 10.1. The first-order valence-electron chi connectivity index (χ1n) is 10.4. The van der Waals surface area contributed by atoms with E-state index in [2.05, 4.69) is 9.71 Å². The number of carbonyl (C=O) groups excluding carboxylic acids is 1. The van der Waals surface area contributed by atoms with Crippen LogP contribution >= 0.6 is 11.3 Å². The summed E-state index contributed by atoms with van der Waals surface area (Å²) in [5, 5.41) is 2.58. The monoisotopic (exact) mass is 474 g/mol. The minimum absolute atomic E-state index is 0.0143. The number of rotatable bonds is 7. The molecule has 3 heterocycles. The number of aromatic nitrogens is 2. The highest BCUT2D eigenvalue weighted by Crippen LogP contribution is 2.29. The Morgan fingerprint density at radius 3 is 2.69 bits per heavy atom. The van der Waals surface area contributed by atoms with Gasteiger partial charge in [-0.05, 0) is 44.4 Å². The summed E-state index contributed by atoms with van der Waals surface area (Å²) in [4.78, 5) is 19.3. The lowest BCUT2D eigenvalue weighted by Gasteiger charge is -2.27. The molecule has 0 aliphatic carbocycles. The third kappa shape index (κ3) is 4.97. The number of aryl methyl sites for hydroxylation is 1. The fourth-order valence-electron chi connectivity index (χ4n) is 3.70. The van der Waals surface area contributed by atoms with Gasteiger partial charge in [0.2, 0.25) is 5.91 Å². The molecule has 1 aromatic carbocycles. The van der Waals surface area contributed by atoms with Gasteiger partial charge in [-0.1, -0.05) is 6.07 Å². The van der Waals surface area contributed by atoms with Gasteiger partial charge in [0.15, 0.2) is 0 Å². The van der Waals surface area contributed by atoms with Crippen LogP contribution in [0.1, 0.15) is 25.0 Å². The van der Waals surface area contributed by atoms with Gasteiger partial charge in [0.25, 0.3) is 10.0 Å². The molecular formula is C22H26N4O4S2. The fraction of sp³-hybridized carbons (Fsp3) is 0.364. The van der Waals surface area contributed by atoms with Crippen LogP contribution in [-0.4, -0.2) is 49.0 Å². The van der Waals surface area contributed by atoms with Crippen LogP contribution in [0.4, 0.5) is 5.69 Å². The number of methoxy groups -OCH3 is 1. The molecule has 0 unspecified atom stereocenters. The molecule has 1 amide bonds. The number of sulfonamides is 1. The lowest BCUT2D eigenvalue weighted by molar-refractivity contribution is -0.132. The number of amides is 1. The van der Waals surface area contributed by atoms with Crippen molar-refractivity contribution in [3.05, 3.63) is 47.6 Å². The summed E-state index contributed by atoms with van der Waals surface area (Å²) in [5.74, 6) is 0.536. The number of nitrogens with one attached hydrogen (secondary N) is 1. The van der Waals surface area contributed by atoms with Crippen molar-refractivity contribution in [3.63, 3.8) is 0 Å². The number of likely N-dealkylation sites (tertiary alicyclic amines) is 1. The van der Waals surface area contributed by atoms with Crippen LogP contribution in [0.2, 0.25) is 0 Å². The van der Waals surface area contributed by atoms with E-state index in [-0.39, 0.29) is 17.3 Å². The van der Waals surface area contributed by atoms with E-state index in [1.165, 1.54) is 24.6 Å². The van der Waals surface area contributed by atoms with Gasteiger partial charge in [0, 0.05) is 36.4 Å². The molecule has 0 atom stereocenters. The number of hydrogen-bond donors (Lipinski definition) is 1. The Bertz CT molecular complexity index is 1210. The molecule has 1 N–H and O–H groups in total. The van der Waals surface area contributed by atoms with Gasteiger partial charge in [0.1, 0.15) is 22.2 Å². The molecule has 1 aliphatic rings. The van der Waals surface area contributed by atoms with Crippen LogP contribution in [0.5, 0.6) is 5.75 Å². The molecule has 0 saturated carbocycles. The molecule has 4 rings (SSSR count). The van der Waals surface area contributed by atoms with E-state index in [9.17, 15) is 13.2 Å². The molecule has 1 fully saturated rings. The Balaban J connectivity index is 1.65. The van der Waals surface area contributed by atoms with Crippen molar-refractivity contribution in [2.45, 2.75) is 37.6 Å². The molecule has 0 bridgehead atoms. The van der Waals surface area contributed by atoms with Gasteiger partial charge < -0.3 is 14.2 Å². The second-order valence-electron chi connectivity index (χ2n) is 7.76. The van der Waals surface area contributed by atoms with Crippen LogP contribution in [0.25, 0.3) is 10.7 Å². The van der Waals surface area contributed by atoms with Crippen molar-refractivity contribution in [2.24, 2.45) is 0 Å². The number of thiazole rings is 1. The maximum Gasteiger partial charge on any atom is 0.263 e. The average Bonchev–Trinajstić information content (AvgIpc) is 3.40. The Kier molecular flexibility index (Phi) is 6.52. The third-order valence-electron chi connectivity index (χ3n) is 5.36. The molecule has 0 spiro atoms. The summed E-state index contributed by atoms with van der Waals surface area (Å²) in [7, 11) is -2.35. The van der Waals surface area contributed by atoms with Gasteiger partial charge in [-0.2, -0.15) is 0 Å². The molecular weight excluding hydrogens is 448 g/mol. The smallest absolute Gasteiger partial charge is 0.263 e. The molecule has 8 nitrogen and oxygen atoms in total. The van der Waals surface area contributed by atoms with Crippen LogP contribution in [0.15, 0.2) is 46.8 Å². The van der Waals surface area contributed by atoms with Gasteiger partial charge in [-0.15, -0.1) is 11.3 Å². The Hall–Kier alpha value is -2.85. The van der Waals surface area contributed by atoms with Crippen molar-refractivity contribution in [1.82, 2.24) is 14.5 Å². The summed E-state index contributed by atoms with van der Waals surface area (Å²) in [6, 6.07) is 8.29. The second kappa shape index (κ2) is 9.33. The normalized spacial score (nSPS) is 14.4. The first-order chi connectivity index (χ1) is 15.4. The molecule has 0 radical (unpaired) electrons. The zero-order valence-electron chi connectivity index (χ0n) is 18.1. The number of ether oxygens (including phenoxy) is 1. The Morgan fingerprint density at radius 2 is 2.00 bits per heavy atom. The predicted octanol–water partition coefficient (Wildman–Crippen LogP) is 3.74. The third-order valence-corrected chi connectivity index (χ3v) is 7.69. The molecule has 1 saturated heterocycles. The lowest BCUT2D eigenvalue weighted by Crippen LogP contribution is -2.37. The van der Waals surface area contributed by atoms with E-state index >= 15 is 0 Å². The minimum Gasteiger partial charge on any atom is -0.497 e. The van der Waals surface area contributed by atoms with Gasteiger partial charge in [0.05, 0.1) is 18.5 Å². The minimum atomic E-state index is -3.88. The number of benzene rings is 1. The van der Waals surface area contributed by atoms with Gasteiger partial charge in [-0.3, -0.25) is 9.52 Å². The maximum absolute atomic E-state index is 13.1.